The minimum absolute atomic E-state index is 0.301. The highest BCUT2D eigenvalue weighted by atomic mass is 15.3. The van der Waals surface area contributed by atoms with E-state index in [1.165, 1.54) is 16.7 Å². The Morgan fingerprint density at radius 3 is 2.71 bits per heavy atom. The van der Waals surface area contributed by atoms with Crippen LogP contribution in [0.1, 0.15) is 36.6 Å². The number of rotatable bonds is 2. The molecule has 0 bridgehead atoms. The molecule has 0 spiro atoms. The Bertz CT molecular complexity index is 449. The highest BCUT2D eigenvalue weighted by molar-refractivity contribution is 5.80. The zero-order chi connectivity index (χ0) is 12.6. The molecule has 0 fully saturated rings. The predicted octanol–water partition coefficient (Wildman–Crippen LogP) is 2.38. The molecule has 17 heavy (non-hydrogen) atoms. The third-order valence-corrected chi connectivity index (χ3v) is 3.38. The van der Waals surface area contributed by atoms with Crippen molar-refractivity contribution in [3.8, 4) is 0 Å². The second-order valence-corrected chi connectivity index (χ2v) is 5.08. The molecule has 2 N–H and O–H groups in total. The van der Waals surface area contributed by atoms with Crippen molar-refractivity contribution < 1.29 is 0 Å². The summed E-state index contributed by atoms with van der Waals surface area (Å²) < 4.78 is 0. The van der Waals surface area contributed by atoms with E-state index in [-0.39, 0.29) is 0 Å². The van der Waals surface area contributed by atoms with Gasteiger partial charge in [-0.2, -0.15) is 0 Å². The molecule has 1 aliphatic heterocycles. The van der Waals surface area contributed by atoms with Crippen molar-refractivity contribution >= 4 is 5.96 Å². The minimum atomic E-state index is 0.301. The van der Waals surface area contributed by atoms with Gasteiger partial charge < -0.3 is 10.6 Å². The molecule has 1 heterocycles. The lowest BCUT2D eigenvalue weighted by Gasteiger charge is -2.31. The fourth-order valence-electron chi connectivity index (χ4n) is 2.50. The Balaban J connectivity index is 2.37. The first kappa shape index (κ1) is 12.0. The van der Waals surface area contributed by atoms with Gasteiger partial charge in [0.25, 0.3) is 0 Å². The van der Waals surface area contributed by atoms with Crippen LogP contribution in [0.4, 0.5) is 0 Å². The molecule has 0 aromatic heterocycles. The minimum Gasteiger partial charge on any atom is -0.370 e. The Kier molecular flexibility index (Phi) is 3.09. The second-order valence-electron chi connectivity index (χ2n) is 5.08. The van der Waals surface area contributed by atoms with Crippen molar-refractivity contribution in [2.24, 2.45) is 10.7 Å². The third kappa shape index (κ3) is 2.14. The maximum atomic E-state index is 5.97. The molecule has 1 atom stereocenters. The zero-order valence-corrected chi connectivity index (χ0v) is 11.1. The summed E-state index contributed by atoms with van der Waals surface area (Å²) in [6, 6.07) is 7.26. The first-order valence-corrected chi connectivity index (χ1v) is 6.16. The first-order chi connectivity index (χ1) is 8.00. The van der Waals surface area contributed by atoms with Gasteiger partial charge in [-0.15, -0.1) is 0 Å². The van der Waals surface area contributed by atoms with Gasteiger partial charge in [-0.3, -0.25) is 4.99 Å². The zero-order valence-electron chi connectivity index (χ0n) is 11.1. The van der Waals surface area contributed by atoms with E-state index in [2.05, 4.69) is 55.8 Å². The molecule has 3 heteroatoms. The summed E-state index contributed by atoms with van der Waals surface area (Å²) in [5.41, 5.74) is 9.93. The second kappa shape index (κ2) is 4.40. The van der Waals surface area contributed by atoms with Gasteiger partial charge in [0, 0.05) is 6.04 Å². The molecule has 92 valence electrons. The van der Waals surface area contributed by atoms with Crippen molar-refractivity contribution in [2.45, 2.75) is 39.8 Å². The fraction of sp³-hybridized carbons (Fsp3) is 0.500. The molecule has 1 aliphatic rings. The largest absolute Gasteiger partial charge is 0.370 e. The van der Waals surface area contributed by atoms with Gasteiger partial charge >= 0.3 is 0 Å². The highest BCUT2D eigenvalue weighted by Gasteiger charge is 2.30. The van der Waals surface area contributed by atoms with Crippen LogP contribution >= 0.6 is 0 Å². The summed E-state index contributed by atoms with van der Waals surface area (Å²) in [5, 5.41) is 0. The van der Waals surface area contributed by atoms with Gasteiger partial charge in [0.15, 0.2) is 5.96 Å². The molecule has 0 saturated heterocycles. The van der Waals surface area contributed by atoms with Crippen LogP contribution in [0.5, 0.6) is 0 Å². The Morgan fingerprint density at radius 1 is 1.35 bits per heavy atom. The lowest BCUT2D eigenvalue weighted by molar-refractivity contribution is 0.289. The molecule has 0 aliphatic carbocycles. The van der Waals surface area contributed by atoms with Crippen LogP contribution in [-0.4, -0.2) is 23.4 Å². The molecule has 1 aromatic rings. The van der Waals surface area contributed by atoms with Crippen LogP contribution in [0.25, 0.3) is 0 Å². The van der Waals surface area contributed by atoms with Gasteiger partial charge in [0.05, 0.1) is 12.6 Å². The molecule has 0 radical (unpaired) electrons. The molecular formula is C14H21N3. The Hall–Kier alpha value is -1.51. The topological polar surface area (TPSA) is 41.6 Å². The number of guanidine groups is 1. The van der Waals surface area contributed by atoms with E-state index in [1.807, 2.05) is 0 Å². The molecule has 1 aromatic carbocycles. The maximum absolute atomic E-state index is 5.97. The normalized spacial score (nSPS) is 19.9. The van der Waals surface area contributed by atoms with Crippen LogP contribution in [0.2, 0.25) is 0 Å². The molecule has 2 rings (SSSR count). The number of benzene rings is 1. The Labute approximate surface area is 103 Å². The van der Waals surface area contributed by atoms with Gasteiger partial charge in [-0.1, -0.05) is 23.8 Å². The first-order valence-electron chi connectivity index (χ1n) is 6.16. The van der Waals surface area contributed by atoms with E-state index in [9.17, 15) is 0 Å². The number of nitrogens with zero attached hydrogens (tertiary/aromatic N) is 2. The van der Waals surface area contributed by atoms with E-state index in [1.54, 1.807) is 0 Å². The lowest BCUT2D eigenvalue weighted by atomic mass is 9.98. The van der Waals surface area contributed by atoms with Crippen molar-refractivity contribution in [1.29, 1.82) is 0 Å². The summed E-state index contributed by atoms with van der Waals surface area (Å²) >= 11 is 0. The lowest BCUT2D eigenvalue weighted by Crippen LogP contribution is -2.41. The quantitative estimate of drug-likeness (QED) is 0.849. The van der Waals surface area contributed by atoms with Gasteiger partial charge in [0.2, 0.25) is 0 Å². The van der Waals surface area contributed by atoms with E-state index < -0.39 is 0 Å². The summed E-state index contributed by atoms with van der Waals surface area (Å²) in [4.78, 5) is 6.60. The van der Waals surface area contributed by atoms with E-state index in [4.69, 9.17) is 5.73 Å². The number of aryl methyl sites for hydroxylation is 2. The fourth-order valence-corrected chi connectivity index (χ4v) is 2.50. The summed E-state index contributed by atoms with van der Waals surface area (Å²) in [6.45, 7) is 9.37. The van der Waals surface area contributed by atoms with Gasteiger partial charge in [-0.25, -0.2) is 0 Å². The monoisotopic (exact) mass is 231 g/mol. The van der Waals surface area contributed by atoms with Crippen LogP contribution < -0.4 is 5.73 Å². The Morgan fingerprint density at radius 2 is 2.06 bits per heavy atom. The molecule has 0 saturated carbocycles. The summed E-state index contributed by atoms with van der Waals surface area (Å²) in [6.07, 6.45) is 0. The third-order valence-electron chi connectivity index (χ3n) is 3.38. The average molecular weight is 231 g/mol. The molecular weight excluding hydrogens is 210 g/mol. The number of hydrogen-bond donors (Lipinski definition) is 1. The molecule has 0 amide bonds. The SMILES string of the molecule is Cc1ccc(C)c(C2CN=C(N)N2C(C)C)c1. The summed E-state index contributed by atoms with van der Waals surface area (Å²) in [7, 11) is 0. The molecule has 3 nitrogen and oxygen atoms in total. The van der Waals surface area contributed by atoms with Gasteiger partial charge in [0.1, 0.15) is 0 Å². The predicted molar refractivity (Wildman–Crippen MR) is 72.1 cm³/mol. The number of aliphatic imine (C=N–C) groups is 1. The molecule has 1 unspecified atom stereocenters. The van der Waals surface area contributed by atoms with E-state index >= 15 is 0 Å². The highest BCUT2D eigenvalue weighted by Crippen LogP contribution is 2.30. The van der Waals surface area contributed by atoms with Crippen molar-refractivity contribution in [3.63, 3.8) is 0 Å². The van der Waals surface area contributed by atoms with Crippen LogP contribution in [0, 0.1) is 13.8 Å². The van der Waals surface area contributed by atoms with Crippen LogP contribution in [-0.2, 0) is 0 Å². The average Bonchev–Trinajstić information content (AvgIpc) is 2.64. The number of hydrogen-bond acceptors (Lipinski definition) is 3. The van der Waals surface area contributed by atoms with Crippen molar-refractivity contribution in [1.82, 2.24) is 4.90 Å². The maximum Gasteiger partial charge on any atom is 0.192 e. The summed E-state index contributed by atoms with van der Waals surface area (Å²) in [5.74, 6) is 0.672. The van der Waals surface area contributed by atoms with Gasteiger partial charge in [-0.05, 0) is 38.8 Å². The van der Waals surface area contributed by atoms with Crippen molar-refractivity contribution in [2.75, 3.05) is 6.54 Å². The smallest absolute Gasteiger partial charge is 0.192 e. The standard InChI is InChI=1S/C14H21N3/c1-9(2)17-13(8-16-14(17)15)12-7-10(3)5-6-11(12)4/h5-7,9,13H,8H2,1-4H3,(H2,15,16). The van der Waals surface area contributed by atoms with Crippen molar-refractivity contribution in [3.05, 3.63) is 34.9 Å². The van der Waals surface area contributed by atoms with Crippen LogP contribution in [0.15, 0.2) is 23.2 Å². The van der Waals surface area contributed by atoms with Crippen LogP contribution in [0.3, 0.4) is 0 Å². The van der Waals surface area contributed by atoms with E-state index in [0.29, 0.717) is 18.0 Å². The van der Waals surface area contributed by atoms with E-state index in [0.717, 1.165) is 6.54 Å². The number of nitrogens with two attached hydrogens (primary N) is 1.